The minimum Gasteiger partial charge on any atom is -0.373 e. The Labute approximate surface area is 99.3 Å². The molecule has 0 unspecified atom stereocenters. The maximum Gasteiger partial charge on any atom is 0.0678 e. The van der Waals surface area contributed by atoms with Crippen LogP contribution < -0.4 is 5.73 Å². The summed E-state index contributed by atoms with van der Waals surface area (Å²) in [5.74, 6) is 0.872. The van der Waals surface area contributed by atoms with Gasteiger partial charge in [-0.15, -0.1) is 0 Å². The van der Waals surface area contributed by atoms with Gasteiger partial charge in [0.2, 0.25) is 0 Å². The Morgan fingerprint density at radius 1 is 1.06 bits per heavy atom. The average molecular weight is 226 g/mol. The molecule has 1 heterocycles. The zero-order valence-electron chi connectivity index (χ0n) is 10.7. The summed E-state index contributed by atoms with van der Waals surface area (Å²) in [6.07, 6.45) is 5.88. The van der Waals surface area contributed by atoms with E-state index in [0.717, 1.165) is 19.0 Å². The van der Waals surface area contributed by atoms with Crippen molar-refractivity contribution in [3.05, 3.63) is 0 Å². The van der Waals surface area contributed by atoms with Crippen LogP contribution in [0.4, 0.5) is 0 Å². The van der Waals surface area contributed by atoms with Gasteiger partial charge < -0.3 is 10.5 Å². The van der Waals surface area contributed by atoms with E-state index < -0.39 is 0 Å². The molecule has 16 heavy (non-hydrogen) atoms. The molecule has 0 aromatic rings. The molecule has 0 aromatic heterocycles. The molecule has 0 bridgehead atoms. The first-order chi connectivity index (χ1) is 7.63. The van der Waals surface area contributed by atoms with Crippen LogP contribution in [0.2, 0.25) is 0 Å². The van der Waals surface area contributed by atoms with E-state index in [-0.39, 0.29) is 0 Å². The van der Waals surface area contributed by atoms with Gasteiger partial charge in [0.1, 0.15) is 0 Å². The molecular weight excluding hydrogens is 200 g/mol. The summed E-state index contributed by atoms with van der Waals surface area (Å²) in [7, 11) is 0. The molecule has 3 nitrogen and oxygen atoms in total. The fraction of sp³-hybridized carbons (Fsp3) is 1.00. The van der Waals surface area contributed by atoms with Crippen LogP contribution in [0.25, 0.3) is 0 Å². The van der Waals surface area contributed by atoms with Crippen molar-refractivity contribution in [3.63, 3.8) is 0 Å². The summed E-state index contributed by atoms with van der Waals surface area (Å²) in [5, 5.41) is 0. The average Bonchev–Trinajstić information content (AvgIpc) is 2.20. The van der Waals surface area contributed by atoms with E-state index in [4.69, 9.17) is 10.5 Å². The van der Waals surface area contributed by atoms with Crippen molar-refractivity contribution in [1.82, 2.24) is 4.90 Å². The van der Waals surface area contributed by atoms with Gasteiger partial charge in [-0.2, -0.15) is 0 Å². The third-order valence-corrected chi connectivity index (χ3v) is 3.90. The number of ether oxygens (including phenoxy) is 1. The Morgan fingerprint density at radius 2 is 1.62 bits per heavy atom. The first-order valence-electron chi connectivity index (χ1n) is 6.77. The topological polar surface area (TPSA) is 38.5 Å². The number of rotatable bonds is 2. The number of hydrogen-bond acceptors (Lipinski definition) is 3. The highest BCUT2D eigenvalue weighted by Gasteiger charge is 2.26. The zero-order valence-corrected chi connectivity index (χ0v) is 10.7. The second-order valence-corrected chi connectivity index (χ2v) is 5.76. The molecule has 0 aromatic carbocycles. The SMILES string of the molecule is C[C@@H]1CN(CC2CCC(N)CC2)C[C@H](C)O1. The monoisotopic (exact) mass is 226 g/mol. The Balaban J connectivity index is 1.76. The van der Waals surface area contributed by atoms with E-state index in [1.165, 1.54) is 32.2 Å². The fourth-order valence-corrected chi connectivity index (χ4v) is 3.17. The predicted octanol–water partition coefficient (Wildman–Crippen LogP) is 1.61. The Morgan fingerprint density at radius 3 is 2.19 bits per heavy atom. The second-order valence-electron chi connectivity index (χ2n) is 5.76. The lowest BCUT2D eigenvalue weighted by atomic mass is 9.86. The predicted molar refractivity (Wildman–Crippen MR) is 66.4 cm³/mol. The highest BCUT2D eigenvalue weighted by molar-refractivity contribution is 4.80. The van der Waals surface area contributed by atoms with Crippen molar-refractivity contribution in [3.8, 4) is 0 Å². The summed E-state index contributed by atoms with van der Waals surface area (Å²) in [6, 6.07) is 0.471. The molecule has 1 aliphatic carbocycles. The number of nitrogens with two attached hydrogens (primary N) is 1. The number of hydrogen-bond donors (Lipinski definition) is 1. The first-order valence-corrected chi connectivity index (χ1v) is 6.77. The van der Waals surface area contributed by atoms with Crippen molar-refractivity contribution in [1.29, 1.82) is 0 Å². The van der Waals surface area contributed by atoms with Crippen LogP contribution in [0, 0.1) is 5.92 Å². The first kappa shape index (κ1) is 12.3. The minimum absolute atomic E-state index is 0.398. The van der Waals surface area contributed by atoms with Crippen LogP contribution in [-0.4, -0.2) is 42.8 Å². The quantitative estimate of drug-likeness (QED) is 0.777. The summed E-state index contributed by atoms with van der Waals surface area (Å²) < 4.78 is 5.76. The van der Waals surface area contributed by atoms with Gasteiger partial charge in [-0.25, -0.2) is 0 Å². The molecule has 2 N–H and O–H groups in total. The summed E-state index contributed by atoms with van der Waals surface area (Å²) in [5.41, 5.74) is 5.94. The van der Waals surface area contributed by atoms with E-state index >= 15 is 0 Å². The van der Waals surface area contributed by atoms with Crippen molar-refractivity contribution in [2.75, 3.05) is 19.6 Å². The molecule has 1 saturated carbocycles. The molecule has 1 aliphatic heterocycles. The van der Waals surface area contributed by atoms with Gasteiger partial charge in [0, 0.05) is 25.7 Å². The molecule has 0 radical (unpaired) electrons. The van der Waals surface area contributed by atoms with Crippen LogP contribution >= 0.6 is 0 Å². The van der Waals surface area contributed by atoms with Crippen molar-refractivity contribution >= 4 is 0 Å². The summed E-state index contributed by atoms with van der Waals surface area (Å²) in [6.45, 7) is 7.82. The summed E-state index contributed by atoms with van der Waals surface area (Å²) >= 11 is 0. The third kappa shape index (κ3) is 3.44. The normalized spacial score (nSPS) is 42.2. The molecule has 1 saturated heterocycles. The molecule has 94 valence electrons. The van der Waals surface area contributed by atoms with Gasteiger partial charge in [-0.1, -0.05) is 0 Å². The van der Waals surface area contributed by atoms with Crippen molar-refractivity contribution in [2.45, 2.75) is 57.8 Å². The van der Waals surface area contributed by atoms with Crippen molar-refractivity contribution < 1.29 is 4.74 Å². The molecular formula is C13H26N2O. The smallest absolute Gasteiger partial charge is 0.0678 e. The van der Waals surface area contributed by atoms with Gasteiger partial charge in [0.15, 0.2) is 0 Å². The standard InChI is InChI=1S/C13H26N2O/c1-10-7-15(8-11(2)16-10)9-12-3-5-13(14)6-4-12/h10-13H,3-9,14H2,1-2H3/t10-,11+,12?,13?. The Hall–Kier alpha value is -0.120. The van der Waals surface area contributed by atoms with Crippen molar-refractivity contribution in [2.24, 2.45) is 11.7 Å². The lowest BCUT2D eigenvalue weighted by Crippen LogP contribution is -2.47. The van der Waals surface area contributed by atoms with Crippen LogP contribution in [-0.2, 0) is 4.74 Å². The fourth-order valence-electron chi connectivity index (χ4n) is 3.17. The zero-order chi connectivity index (χ0) is 11.5. The van der Waals surface area contributed by atoms with Gasteiger partial charge in [0.05, 0.1) is 12.2 Å². The van der Waals surface area contributed by atoms with E-state index in [1.54, 1.807) is 0 Å². The van der Waals surface area contributed by atoms with Crippen LogP contribution in [0.5, 0.6) is 0 Å². The Kier molecular flexibility index (Phi) is 4.22. The third-order valence-electron chi connectivity index (χ3n) is 3.90. The maximum atomic E-state index is 5.94. The molecule has 2 fully saturated rings. The minimum atomic E-state index is 0.398. The highest BCUT2D eigenvalue weighted by atomic mass is 16.5. The lowest BCUT2D eigenvalue weighted by molar-refractivity contribution is -0.0725. The lowest BCUT2D eigenvalue weighted by Gasteiger charge is -2.38. The molecule has 0 spiro atoms. The van der Waals surface area contributed by atoms with Gasteiger partial charge in [-0.3, -0.25) is 4.90 Å². The van der Waals surface area contributed by atoms with Crippen LogP contribution in [0.1, 0.15) is 39.5 Å². The second kappa shape index (κ2) is 5.48. The molecule has 2 rings (SSSR count). The molecule has 3 heteroatoms. The highest BCUT2D eigenvalue weighted by Crippen LogP contribution is 2.25. The number of nitrogens with zero attached hydrogens (tertiary/aromatic N) is 1. The van der Waals surface area contributed by atoms with Gasteiger partial charge in [-0.05, 0) is 45.4 Å². The molecule has 0 amide bonds. The largest absolute Gasteiger partial charge is 0.373 e. The Bertz CT molecular complexity index is 204. The molecule has 2 atom stereocenters. The van der Waals surface area contributed by atoms with Crippen LogP contribution in [0.3, 0.4) is 0 Å². The van der Waals surface area contributed by atoms with E-state index in [9.17, 15) is 0 Å². The van der Waals surface area contributed by atoms with E-state index in [2.05, 4.69) is 18.7 Å². The van der Waals surface area contributed by atoms with E-state index in [0.29, 0.717) is 18.2 Å². The van der Waals surface area contributed by atoms with E-state index in [1.807, 2.05) is 0 Å². The molecule has 2 aliphatic rings. The van der Waals surface area contributed by atoms with Crippen LogP contribution in [0.15, 0.2) is 0 Å². The summed E-state index contributed by atoms with van der Waals surface area (Å²) in [4.78, 5) is 2.58. The van der Waals surface area contributed by atoms with Gasteiger partial charge in [0.25, 0.3) is 0 Å². The maximum absolute atomic E-state index is 5.94. The number of morpholine rings is 1. The van der Waals surface area contributed by atoms with Gasteiger partial charge >= 0.3 is 0 Å².